The molecule has 0 atom stereocenters. The smallest absolute Gasteiger partial charge is 0.339 e. The number of aromatic amines is 1. The minimum atomic E-state index is -4.17. The van der Waals surface area contributed by atoms with Crippen LogP contribution in [0.4, 0.5) is 4.39 Å². The molecule has 0 aliphatic carbocycles. The number of hydrogen-bond donors (Lipinski definition) is 1. The van der Waals surface area contributed by atoms with E-state index in [1.54, 1.807) is 12.3 Å². The first-order valence-corrected chi connectivity index (χ1v) is 10.7. The molecule has 0 unspecified atom stereocenters. The zero-order valence-corrected chi connectivity index (χ0v) is 16.6. The molecule has 0 saturated carbocycles. The topological polar surface area (TPSA) is 85.5 Å². The molecular weight excluding hydrogens is 421 g/mol. The standard InChI is InChI=1S/C23H14FNO5S/c24-15-5-8-17(9-6-15)31(27,28)30-16-7-10-19-21(12-16)29-22(23(19)26)11-14-13-25-20-4-2-1-3-18(14)20/h1-13,25H/b22-11-. The Hall–Kier alpha value is -3.91. The van der Waals surface area contributed by atoms with Crippen LogP contribution in [-0.4, -0.2) is 19.2 Å². The van der Waals surface area contributed by atoms with Crippen molar-refractivity contribution in [1.29, 1.82) is 0 Å². The van der Waals surface area contributed by atoms with Crippen LogP contribution in [0.15, 0.2) is 83.6 Å². The molecule has 0 radical (unpaired) electrons. The predicted molar refractivity (Wildman–Crippen MR) is 112 cm³/mol. The highest BCUT2D eigenvalue weighted by Crippen LogP contribution is 2.36. The fraction of sp³-hybridized carbons (Fsp3) is 0. The number of ether oxygens (including phenoxy) is 1. The maximum atomic E-state index is 13.1. The van der Waals surface area contributed by atoms with Crippen molar-refractivity contribution in [3.05, 3.63) is 95.6 Å². The van der Waals surface area contributed by atoms with Gasteiger partial charge in [0, 0.05) is 28.7 Å². The Morgan fingerprint density at radius 2 is 1.77 bits per heavy atom. The first kappa shape index (κ1) is 19.1. The maximum absolute atomic E-state index is 13.1. The van der Waals surface area contributed by atoms with E-state index in [1.165, 1.54) is 18.2 Å². The Balaban J connectivity index is 1.43. The summed E-state index contributed by atoms with van der Waals surface area (Å²) in [4.78, 5) is 15.7. The van der Waals surface area contributed by atoms with E-state index < -0.39 is 15.9 Å². The second kappa shape index (κ2) is 7.10. The van der Waals surface area contributed by atoms with E-state index in [2.05, 4.69) is 4.98 Å². The van der Waals surface area contributed by atoms with Gasteiger partial charge in [0.2, 0.25) is 5.78 Å². The predicted octanol–water partition coefficient (Wildman–Crippen LogP) is 4.69. The monoisotopic (exact) mass is 435 g/mol. The van der Waals surface area contributed by atoms with Crippen molar-refractivity contribution < 1.29 is 26.5 Å². The maximum Gasteiger partial charge on any atom is 0.339 e. The van der Waals surface area contributed by atoms with Crippen molar-refractivity contribution >= 4 is 32.9 Å². The summed E-state index contributed by atoms with van der Waals surface area (Å²) >= 11 is 0. The average molecular weight is 435 g/mol. The number of carbonyl (C=O) groups is 1. The van der Waals surface area contributed by atoms with E-state index in [1.807, 2.05) is 24.3 Å². The van der Waals surface area contributed by atoms with Gasteiger partial charge in [0.25, 0.3) is 0 Å². The molecule has 4 aromatic rings. The first-order valence-electron chi connectivity index (χ1n) is 9.25. The molecule has 1 aliphatic rings. The number of fused-ring (bicyclic) bond motifs is 2. The number of benzene rings is 3. The van der Waals surface area contributed by atoms with Crippen molar-refractivity contribution in [2.75, 3.05) is 0 Å². The number of hydrogen-bond acceptors (Lipinski definition) is 5. The highest BCUT2D eigenvalue weighted by Gasteiger charge is 2.29. The van der Waals surface area contributed by atoms with Crippen LogP contribution in [0.25, 0.3) is 17.0 Å². The number of aromatic nitrogens is 1. The molecule has 0 bridgehead atoms. The van der Waals surface area contributed by atoms with E-state index in [9.17, 15) is 17.6 Å². The first-order chi connectivity index (χ1) is 14.9. The van der Waals surface area contributed by atoms with Gasteiger partial charge < -0.3 is 13.9 Å². The number of ketones is 1. The van der Waals surface area contributed by atoms with E-state index >= 15 is 0 Å². The number of halogens is 1. The number of rotatable bonds is 4. The molecule has 2 heterocycles. The van der Waals surface area contributed by atoms with Crippen LogP contribution in [0.1, 0.15) is 15.9 Å². The molecular formula is C23H14FNO5S. The molecule has 0 amide bonds. The second-order valence-corrected chi connectivity index (χ2v) is 8.43. The number of para-hydroxylation sites is 1. The summed E-state index contributed by atoms with van der Waals surface area (Å²) in [6, 6.07) is 16.1. The van der Waals surface area contributed by atoms with Crippen LogP contribution in [-0.2, 0) is 10.1 Å². The van der Waals surface area contributed by atoms with Crippen LogP contribution in [0.3, 0.4) is 0 Å². The summed E-state index contributed by atoms with van der Waals surface area (Å²) in [5, 5.41) is 0.941. The third kappa shape index (κ3) is 3.47. The number of carbonyl (C=O) groups excluding carboxylic acids is 1. The lowest BCUT2D eigenvalue weighted by molar-refractivity contribution is 0.101. The molecule has 0 spiro atoms. The number of H-pyrrole nitrogens is 1. The SMILES string of the molecule is O=C1/C(=C/c2c[nH]c3ccccc23)Oc2cc(OS(=O)(=O)c3ccc(F)cc3)ccc21. The fourth-order valence-corrected chi connectivity index (χ4v) is 4.27. The van der Waals surface area contributed by atoms with Gasteiger partial charge in [-0.15, -0.1) is 0 Å². The summed E-state index contributed by atoms with van der Waals surface area (Å²) in [7, 11) is -4.17. The molecule has 1 N–H and O–H groups in total. The minimum absolute atomic E-state index is 0.0239. The van der Waals surface area contributed by atoms with E-state index in [0.29, 0.717) is 5.56 Å². The molecule has 5 rings (SSSR count). The van der Waals surface area contributed by atoms with Crippen molar-refractivity contribution in [2.24, 2.45) is 0 Å². The van der Waals surface area contributed by atoms with Gasteiger partial charge in [0.05, 0.1) is 5.56 Å². The van der Waals surface area contributed by atoms with E-state index in [-0.39, 0.29) is 27.9 Å². The Bertz CT molecular complexity index is 1470. The van der Waals surface area contributed by atoms with E-state index in [0.717, 1.165) is 40.7 Å². The molecule has 1 aromatic heterocycles. The van der Waals surface area contributed by atoms with Gasteiger partial charge in [-0.1, -0.05) is 18.2 Å². The summed E-state index contributed by atoms with van der Waals surface area (Å²) in [5.41, 5.74) is 2.03. The Morgan fingerprint density at radius 3 is 2.58 bits per heavy atom. The molecule has 154 valence electrons. The summed E-state index contributed by atoms with van der Waals surface area (Å²) < 4.78 is 48.7. The third-order valence-corrected chi connectivity index (χ3v) is 6.12. The molecule has 3 aromatic carbocycles. The average Bonchev–Trinajstić information content (AvgIpc) is 3.29. The van der Waals surface area contributed by atoms with Gasteiger partial charge in [0.1, 0.15) is 22.2 Å². The van der Waals surface area contributed by atoms with Crippen LogP contribution < -0.4 is 8.92 Å². The number of allylic oxidation sites excluding steroid dienone is 1. The van der Waals surface area contributed by atoms with Gasteiger partial charge in [-0.25, -0.2) is 4.39 Å². The zero-order valence-electron chi connectivity index (χ0n) is 15.8. The van der Waals surface area contributed by atoms with Crippen molar-refractivity contribution in [2.45, 2.75) is 4.90 Å². The number of nitrogens with one attached hydrogen (secondary N) is 1. The lowest BCUT2D eigenvalue weighted by Crippen LogP contribution is -2.09. The van der Waals surface area contributed by atoms with E-state index in [4.69, 9.17) is 8.92 Å². The summed E-state index contributed by atoms with van der Waals surface area (Å²) in [6.45, 7) is 0. The third-order valence-electron chi connectivity index (χ3n) is 4.86. The largest absolute Gasteiger partial charge is 0.452 e. The highest BCUT2D eigenvalue weighted by molar-refractivity contribution is 7.87. The van der Waals surface area contributed by atoms with Crippen LogP contribution in [0.5, 0.6) is 11.5 Å². The quantitative estimate of drug-likeness (QED) is 0.371. The van der Waals surface area contributed by atoms with Gasteiger partial charge in [0.15, 0.2) is 5.76 Å². The Labute approximate surface area is 176 Å². The van der Waals surface area contributed by atoms with Crippen LogP contribution in [0.2, 0.25) is 0 Å². The van der Waals surface area contributed by atoms with Crippen molar-refractivity contribution in [1.82, 2.24) is 4.98 Å². The normalized spacial score (nSPS) is 14.6. The van der Waals surface area contributed by atoms with Gasteiger partial charge >= 0.3 is 10.1 Å². The second-order valence-electron chi connectivity index (χ2n) is 6.88. The molecule has 8 heteroatoms. The van der Waals surface area contributed by atoms with Gasteiger partial charge in [-0.2, -0.15) is 8.42 Å². The zero-order chi connectivity index (χ0) is 21.6. The fourth-order valence-electron chi connectivity index (χ4n) is 3.35. The highest BCUT2D eigenvalue weighted by atomic mass is 32.2. The molecule has 0 fully saturated rings. The van der Waals surface area contributed by atoms with Crippen molar-refractivity contribution in [3.8, 4) is 11.5 Å². The minimum Gasteiger partial charge on any atom is -0.452 e. The Morgan fingerprint density at radius 1 is 1.00 bits per heavy atom. The summed E-state index contributed by atoms with van der Waals surface area (Å²) in [6.07, 6.45) is 3.41. The lowest BCUT2D eigenvalue weighted by atomic mass is 10.1. The summed E-state index contributed by atoms with van der Waals surface area (Å²) in [5.74, 6) is -0.573. The molecule has 31 heavy (non-hydrogen) atoms. The molecule has 1 aliphatic heterocycles. The van der Waals surface area contributed by atoms with Gasteiger partial charge in [-0.3, -0.25) is 4.79 Å². The Kier molecular flexibility index (Phi) is 4.37. The molecule has 0 saturated heterocycles. The van der Waals surface area contributed by atoms with Crippen LogP contribution >= 0.6 is 0 Å². The van der Waals surface area contributed by atoms with Gasteiger partial charge in [-0.05, 0) is 48.5 Å². The molecule has 6 nitrogen and oxygen atoms in total. The van der Waals surface area contributed by atoms with Crippen molar-refractivity contribution in [3.63, 3.8) is 0 Å². The lowest BCUT2D eigenvalue weighted by Gasteiger charge is -2.07. The van der Waals surface area contributed by atoms with Crippen LogP contribution in [0, 0.1) is 5.82 Å². The number of Topliss-reactive ketones (excluding diaryl/α,β-unsaturated/α-hetero) is 1.